The van der Waals surface area contributed by atoms with Crippen LogP contribution < -0.4 is 10.9 Å². The molecule has 0 bridgehead atoms. The van der Waals surface area contributed by atoms with Crippen molar-refractivity contribution in [2.45, 2.75) is 5.75 Å². The minimum Gasteiger partial charge on any atom is -0.465 e. The number of aromatic nitrogens is 1. The number of nitrogens with one attached hydrogen (secondary N) is 2. The first-order valence-electron chi connectivity index (χ1n) is 7.00. The normalized spacial score (nSPS) is 11.2. The number of pyridine rings is 1. The molecule has 0 spiro atoms. The lowest BCUT2D eigenvalue weighted by Gasteiger charge is -2.15. The lowest BCUT2D eigenvalue weighted by atomic mass is 10.1. The van der Waals surface area contributed by atoms with Gasteiger partial charge in [0.1, 0.15) is 5.82 Å². The van der Waals surface area contributed by atoms with E-state index in [2.05, 4.69) is 31.0 Å². The van der Waals surface area contributed by atoms with Crippen LogP contribution in [0.25, 0.3) is 0 Å². The molecule has 1 aromatic carbocycles. The maximum atomic E-state index is 14.1. The molecular weight excluding hydrogens is 438 g/mol. The number of halogens is 3. The zero-order chi connectivity index (χ0) is 19.5. The molecule has 0 fully saturated rings. The number of carbonyl (C=O) groups is 1. The molecule has 0 amide bonds. The molecule has 0 aliphatic heterocycles. The minimum atomic E-state index is -4.26. The van der Waals surface area contributed by atoms with Crippen molar-refractivity contribution in [2.75, 3.05) is 18.4 Å². The average Bonchev–Trinajstić information content (AvgIpc) is 2.59. The standard InChI is InChI=1S/C15H13BrF2N2O5S/c1-25-15(22)9-5-19-14(21)10(6-26(23,24)7-17)13(9)20-12-3-2-8(16)4-11(12)18/h2-5H,6-7H2,1H3,(H2,19,20,21). The predicted octanol–water partition coefficient (Wildman–Crippen LogP) is 2.65. The summed E-state index contributed by atoms with van der Waals surface area (Å²) in [7, 11) is -3.18. The highest BCUT2D eigenvalue weighted by Gasteiger charge is 2.24. The van der Waals surface area contributed by atoms with Gasteiger partial charge in [-0.3, -0.25) is 4.79 Å². The van der Waals surface area contributed by atoms with Crippen LogP contribution >= 0.6 is 15.9 Å². The molecule has 0 atom stereocenters. The number of benzene rings is 1. The first-order chi connectivity index (χ1) is 12.2. The summed E-state index contributed by atoms with van der Waals surface area (Å²) >= 11 is 3.09. The van der Waals surface area contributed by atoms with Crippen LogP contribution in [0.5, 0.6) is 0 Å². The number of aromatic amines is 1. The maximum Gasteiger partial charge on any atom is 0.341 e. The van der Waals surface area contributed by atoms with Gasteiger partial charge in [-0.2, -0.15) is 0 Å². The van der Waals surface area contributed by atoms with E-state index in [0.717, 1.165) is 19.4 Å². The summed E-state index contributed by atoms with van der Waals surface area (Å²) in [4.78, 5) is 26.2. The van der Waals surface area contributed by atoms with E-state index in [0.29, 0.717) is 4.47 Å². The van der Waals surface area contributed by atoms with Gasteiger partial charge in [-0.15, -0.1) is 0 Å². The Labute approximate surface area is 155 Å². The third-order valence-corrected chi connectivity index (χ3v) is 4.87. The molecule has 0 aliphatic carbocycles. The Morgan fingerprint density at radius 3 is 2.65 bits per heavy atom. The maximum absolute atomic E-state index is 14.1. The molecule has 2 aromatic rings. The third kappa shape index (κ3) is 4.47. The highest BCUT2D eigenvalue weighted by molar-refractivity contribution is 9.10. The number of hydrogen-bond donors (Lipinski definition) is 2. The van der Waals surface area contributed by atoms with Gasteiger partial charge in [-0.1, -0.05) is 15.9 Å². The summed E-state index contributed by atoms with van der Waals surface area (Å²) in [6.07, 6.45) is 0.999. The van der Waals surface area contributed by atoms with Crippen LogP contribution in [0, 0.1) is 5.82 Å². The van der Waals surface area contributed by atoms with E-state index in [1.807, 2.05) is 0 Å². The smallest absolute Gasteiger partial charge is 0.341 e. The molecule has 1 aromatic heterocycles. The van der Waals surface area contributed by atoms with Crippen molar-refractivity contribution in [3.63, 3.8) is 0 Å². The topological polar surface area (TPSA) is 105 Å². The van der Waals surface area contributed by atoms with Gasteiger partial charge in [0, 0.05) is 10.7 Å². The molecule has 0 aliphatic rings. The van der Waals surface area contributed by atoms with Crippen molar-refractivity contribution in [2.24, 2.45) is 0 Å². The number of H-pyrrole nitrogens is 1. The fourth-order valence-electron chi connectivity index (χ4n) is 2.11. The van der Waals surface area contributed by atoms with E-state index < -0.39 is 44.5 Å². The Hall–Kier alpha value is -2.27. The first kappa shape index (κ1) is 20.0. The summed E-state index contributed by atoms with van der Waals surface area (Å²) in [5.41, 5.74) is -1.94. The molecule has 140 valence electrons. The number of esters is 1. The lowest BCUT2D eigenvalue weighted by molar-refractivity contribution is 0.0601. The van der Waals surface area contributed by atoms with Crippen molar-refractivity contribution in [1.29, 1.82) is 0 Å². The predicted molar refractivity (Wildman–Crippen MR) is 94.4 cm³/mol. The number of hydrogen-bond acceptors (Lipinski definition) is 6. The fourth-order valence-corrected chi connectivity index (χ4v) is 3.23. The summed E-state index contributed by atoms with van der Waals surface area (Å²) < 4.78 is 55.1. The minimum absolute atomic E-state index is 0.122. The van der Waals surface area contributed by atoms with E-state index in [1.165, 1.54) is 12.1 Å². The Balaban J connectivity index is 2.67. The Kier molecular flexibility index (Phi) is 6.13. The molecule has 0 unspecified atom stereocenters. The molecule has 26 heavy (non-hydrogen) atoms. The molecule has 0 saturated carbocycles. The third-order valence-electron chi connectivity index (χ3n) is 3.32. The zero-order valence-corrected chi connectivity index (χ0v) is 15.7. The number of carbonyl (C=O) groups excluding carboxylic acids is 1. The van der Waals surface area contributed by atoms with Crippen LogP contribution in [0.15, 0.2) is 33.7 Å². The van der Waals surface area contributed by atoms with Crippen LogP contribution in [0.1, 0.15) is 15.9 Å². The molecule has 0 radical (unpaired) electrons. The number of rotatable bonds is 6. The highest BCUT2D eigenvalue weighted by atomic mass is 79.9. The average molecular weight is 451 g/mol. The number of anilines is 2. The number of ether oxygens (including phenoxy) is 1. The van der Waals surface area contributed by atoms with Gasteiger partial charge in [-0.25, -0.2) is 22.0 Å². The zero-order valence-electron chi connectivity index (χ0n) is 13.3. The van der Waals surface area contributed by atoms with E-state index in [-0.39, 0.29) is 16.9 Å². The summed E-state index contributed by atoms with van der Waals surface area (Å²) in [5.74, 6) is -2.61. The van der Waals surface area contributed by atoms with Crippen molar-refractivity contribution in [3.05, 3.63) is 56.2 Å². The van der Waals surface area contributed by atoms with Crippen molar-refractivity contribution in [3.8, 4) is 0 Å². The van der Waals surface area contributed by atoms with E-state index in [1.54, 1.807) is 0 Å². The van der Waals surface area contributed by atoms with Gasteiger partial charge < -0.3 is 15.0 Å². The molecular formula is C15H13BrF2N2O5S. The van der Waals surface area contributed by atoms with E-state index in [9.17, 15) is 26.8 Å². The molecule has 1 heterocycles. The Morgan fingerprint density at radius 2 is 2.08 bits per heavy atom. The lowest BCUT2D eigenvalue weighted by Crippen LogP contribution is -2.22. The van der Waals surface area contributed by atoms with Crippen LogP contribution in [-0.4, -0.2) is 32.5 Å². The second-order valence-corrected chi connectivity index (χ2v) is 8.03. The van der Waals surface area contributed by atoms with Crippen LogP contribution in [0.2, 0.25) is 0 Å². The summed E-state index contributed by atoms with van der Waals surface area (Å²) in [5, 5.41) is 2.54. The number of methoxy groups -OCH3 is 1. The molecule has 7 nitrogen and oxygen atoms in total. The molecule has 0 saturated heterocycles. The van der Waals surface area contributed by atoms with Gasteiger partial charge in [-0.05, 0) is 18.2 Å². The van der Waals surface area contributed by atoms with Crippen LogP contribution in [0.3, 0.4) is 0 Å². The molecule has 2 N–H and O–H groups in total. The fraction of sp³-hybridized carbons (Fsp3) is 0.200. The highest BCUT2D eigenvalue weighted by Crippen LogP contribution is 2.28. The quantitative estimate of drug-likeness (QED) is 0.655. The second kappa shape index (κ2) is 7.96. The monoisotopic (exact) mass is 450 g/mol. The van der Waals surface area contributed by atoms with E-state index >= 15 is 0 Å². The van der Waals surface area contributed by atoms with Crippen molar-refractivity contribution in [1.82, 2.24) is 4.98 Å². The summed E-state index contributed by atoms with van der Waals surface area (Å²) in [6.45, 7) is 0. The summed E-state index contributed by atoms with van der Waals surface area (Å²) in [6, 6.07) is 2.25. The Morgan fingerprint density at radius 1 is 1.38 bits per heavy atom. The largest absolute Gasteiger partial charge is 0.465 e. The van der Waals surface area contributed by atoms with Gasteiger partial charge in [0.25, 0.3) is 5.56 Å². The van der Waals surface area contributed by atoms with Crippen molar-refractivity contribution < 1.29 is 26.7 Å². The van der Waals surface area contributed by atoms with Gasteiger partial charge >= 0.3 is 5.97 Å². The first-order valence-corrected chi connectivity index (χ1v) is 9.61. The SMILES string of the molecule is COC(=O)c1c[nH]c(=O)c(CS(=O)(=O)CF)c1Nc1ccc(Br)cc1F. The number of sulfone groups is 1. The molecule has 11 heteroatoms. The van der Waals surface area contributed by atoms with Crippen molar-refractivity contribution >= 4 is 43.1 Å². The Bertz CT molecular complexity index is 1010. The van der Waals surface area contributed by atoms with E-state index in [4.69, 9.17) is 0 Å². The van der Waals surface area contributed by atoms with Crippen LogP contribution in [0.4, 0.5) is 20.2 Å². The second-order valence-electron chi connectivity index (χ2n) is 5.12. The van der Waals surface area contributed by atoms with Gasteiger partial charge in [0.15, 0.2) is 15.8 Å². The molecule has 2 rings (SSSR count). The van der Waals surface area contributed by atoms with Gasteiger partial charge in [0.05, 0.1) is 35.4 Å². The van der Waals surface area contributed by atoms with Crippen LogP contribution in [-0.2, 0) is 20.3 Å². The van der Waals surface area contributed by atoms with Gasteiger partial charge in [0.2, 0.25) is 0 Å². The number of alkyl halides is 1.